The molecule has 0 saturated carbocycles. The molecular weight excluding hydrogens is 577 g/mol. The molecule has 2 aromatic carbocycles. The zero-order valence-corrected chi connectivity index (χ0v) is 24.7. The number of nitrogens with zero attached hydrogens (tertiary/aromatic N) is 2. The Kier molecular flexibility index (Phi) is 8.72. The Bertz CT molecular complexity index is 1400. The van der Waals surface area contributed by atoms with E-state index in [0.717, 1.165) is 21.2 Å². The van der Waals surface area contributed by atoms with Crippen LogP contribution in [0.1, 0.15) is 52.9 Å². The molecule has 1 N–H and O–H groups in total. The van der Waals surface area contributed by atoms with Crippen molar-refractivity contribution in [2.24, 2.45) is 5.92 Å². The van der Waals surface area contributed by atoms with E-state index >= 15 is 0 Å². The fourth-order valence-corrected chi connectivity index (χ4v) is 7.54. The number of likely N-dealkylation sites (tertiary alicyclic amines) is 2. The molecule has 0 radical (unpaired) electrons. The lowest BCUT2D eigenvalue weighted by molar-refractivity contribution is -0.141. The van der Waals surface area contributed by atoms with Gasteiger partial charge in [-0.25, -0.2) is 0 Å². The molecule has 206 valence electrons. The average Bonchev–Trinajstić information content (AvgIpc) is 3.33. The summed E-state index contributed by atoms with van der Waals surface area (Å²) in [7, 11) is 0. The van der Waals surface area contributed by atoms with Gasteiger partial charge in [-0.3, -0.25) is 14.4 Å². The van der Waals surface area contributed by atoms with Crippen LogP contribution in [0.15, 0.2) is 42.5 Å². The maximum Gasteiger partial charge on any atom is 0.261 e. The van der Waals surface area contributed by atoms with Crippen LogP contribution in [0.3, 0.4) is 0 Å². The molecule has 1 aromatic heterocycles. The predicted molar refractivity (Wildman–Crippen MR) is 158 cm³/mol. The van der Waals surface area contributed by atoms with Gasteiger partial charge in [0.25, 0.3) is 5.91 Å². The maximum atomic E-state index is 13.6. The summed E-state index contributed by atoms with van der Waals surface area (Å²) in [5.41, 5.74) is 1.76. The van der Waals surface area contributed by atoms with E-state index in [2.05, 4.69) is 5.32 Å². The normalized spacial score (nSPS) is 20.3. The zero-order chi connectivity index (χ0) is 27.7. The molecule has 3 heterocycles. The molecule has 2 fully saturated rings. The smallest absolute Gasteiger partial charge is 0.261 e. The van der Waals surface area contributed by atoms with Crippen molar-refractivity contribution in [3.63, 3.8) is 0 Å². The Balaban J connectivity index is 1.37. The van der Waals surface area contributed by atoms with Gasteiger partial charge in [0, 0.05) is 61.6 Å². The van der Waals surface area contributed by atoms with E-state index in [1.807, 2.05) is 41.3 Å². The fourth-order valence-electron chi connectivity index (χ4n) is 5.75. The molecule has 5 rings (SSSR count). The number of benzene rings is 2. The topological polar surface area (TPSA) is 69.7 Å². The van der Waals surface area contributed by atoms with Crippen LogP contribution in [0.25, 0.3) is 10.1 Å². The van der Waals surface area contributed by atoms with Gasteiger partial charge in [-0.15, -0.1) is 22.9 Å². The molecule has 2 aliphatic heterocycles. The van der Waals surface area contributed by atoms with Gasteiger partial charge in [0.05, 0.1) is 14.9 Å². The molecule has 0 spiro atoms. The van der Waals surface area contributed by atoms with Crippen LogP contribution in [0.5, 0.6) is 0 Å². The Hall–Kier alpha value is -2.32. The highest BCUT2D eigenvalue weighted by Gasteiger charge is 2.37. The minimum Gasteiger partial charge on any atom is -0.348 e. The number of rotatable bonds is 5. The number of carbonyl (C=O) groups is 3. The van der Waals surface area contributed by atoms with E-state index in [9.17, 15) is 14.4 Å². The number of hydrogen-bond acceptors (Lipinski definition) is 4. The van der Waals surface area contributed by atoms with Crippen molar-refractivity contribution in [3.8, 4) is 0 Å². The van der Waals surface area contributed by atoms with Gasteiger partial charge in [0.15, 0.2) is 0 Å². The van der Waals surface area contributed by atoms with Crippen LogP contribution in [0, 0.1) is 5.92 Å². The van der Waals surface area contributed by atoms with Gasteiger partial charge < -0.3 is 15.1 Å². The van der Waals surface area contributed by atoms with Crippen LogP contribution < -0.4 is 5.32 Å². The SMILES string of the molecule is CC(=O)N1CCC(C(=O)N2CCC(NC(=O)c3sc4ccccc4c3CCl)C(c3ccc(Cl)c(Cl)c3)C2)CC1. The number of hydrogen-bond donors (Lipinski definition) is 1. The zero-order valence-electron chi connectivity index (χ0n) is 21.6. The number of piperidine rings is 2. The van der Waals surface area contributed by atoms with Crippen LogP contribution in [-0.2, 0) is 15.5 Å². The lowest BCUT2D eigenvalue weighted by Crippen LogP contribution is -2.53. The highest BCUT2D eigenvalue weighted by Crippen LogP contribution is 2.36. The molecule has 2 saturated heterocycles. The van der Waals surface area contributed by atoms with Crippen molar-refractivity contribution in [1.29, 1.82) is 0 Å². The van der Waals surface area contributed by atoms with Crippen molar-refractivity contribution in [1.82, 2.24) is 15.1 Å². The summed E-state index contributed by atoms with van der Waals surface area (Å²) >= 11 is 20.3. The number of fused-ring (bicyclic) bond motifs is 1. The number of carbonyl (C=O) groups excluding carboxylic acids is 3. The number of alkyl halides is 1. The van der Waals surface area contributed by atoms with Crippen LogP contribution in [0.2, 0.25) is 10.0 Å². The van der Waals surface area contributed by atoms with E-state index in [0.29, 0.717) is 60.4 Å². The first kappa shape index (κ1) is 28.2. The predicted octanol–water partition coefficient (Wildman–Crippen LogP) is 6.32. The summed E-state index contributed by atoms with van der Waals surface area (Å²) in [6.07, 6.45) is 1.94. The van der Waals surface area contributed by atoms with Gasteiger partial charge in [0.1, 0.15) is 0 Å². The largest absolute Gasteiger partial charge is 0.348 e. The minimum absolute atomic E-state index is 0.0492. The third-order valence-electron chi connectivity index (χ3n) is 7.94. The number of amides is 3. The van der Waals surface area contributed by atoms with Gasteiger partial charge in [0.2, 0.25) is 11.8 Å². The van der Waals surface area contributed by atoms with Crippen molar-refractivity contribution >= 4 is 73.9 Å². The summed E-state index contributed by atoms with van der Waals surface area (Å²) in [6, 6.07) is 13.2. The van der Waals surface area contributed by atoms with Gasteiger partial charge in [-0.2, -0.15) is 0 Å². The third kappa shape index (κ3) is 5.92. The first-order valence-electron chi connectivity index (χ1n) is 13.1. The lowest BCUT2D eigenvalue weighted by Gasteiger charge is -2.41. The second kappa shape index (κ2) is 12.0. The average molecular weight is 607 g/mol. The molecule has 2 aliphatic rings. The quantitative estimate of drug-likeness (QED) is 0.346. The van der Waals surface area contributed by atoms with Crippen LogP contribution in [0.4, 0.5) is 0 Å². The first-order valence-corrected chi connectivity index (χ1v) is 15.2. The van der Waals surface area contributed by atoms with E-state index in [1.54, 1.807) is 17.9 Å². The van der Waals surface area contributed by atoms with Crippen LogP contribution >= 0.6 is 46.1 Å². The summed E-state index contributed by atoms with van der Waals surface area (Å²) < 4.78 is 1.02. The van der Waals surface area contributed by atoms with Crippen molar-refractivity contribution in [2.75, 3.05) is 26.2 Å². The van der Waals surface area contributed by atoms with E-state index in [4.69, 9.17) is 34.8 Å². The number of halogens is 3. The molecule has 3 aromatic rings. The van der Waals surface area contributed by atoms with E-state index in [1.165, 1.54) is 11.3 Å². The molecule has 39 heavy (non-hydrogen) atoms. The molecule has 3 amide bonds. The van der Waals surface area contributed by atoms with Crippen molar-refractivity contribution < 1.29 is 14.4 Å². The Morgan fingerprint density at radius 2 is 1.69 bits per heavy atom. The monoisotopic (exact) mass is 605 g/mol. The van der Waals surface area contributed by atoms with E-state index in [-0.39, 0.29) is 41.5 Å². The summed E-state index contributed by atoms with van der Waals surface area (Å²) in [4.78, 5) is 43.2. The van der Waals surface area contributed by atoms with Gasteiger partial charge in [-0.1, -0.05) is 47.5 Å². The number of nitrogens with one attached hydrogen (secondary N) is 1. The van der Waals surface area contributed by atoms with E-state index < -0.39 is 0 Å². The second-order valence-corrected chi connectivity index (χ2v) is 12.4. The van der Waals surface area contributed by atoms with Gasteiger partial charge >= 0.3 is 0 Å². The third-order valence-corrected chi connectivity index (χ3v) is 10.2. The van der Waals surface area contributed by atoms with Gasteiger partial charge in [-0.05, 0) is 54.0 Å². The summed E-state index contributed by atoms with van der Waals surface area (Å²) in [5, 5.41) is 5.16. The molecule has 2 unspecified atom stereocenters. The Morgan fingerprint density at radius 3 is 2.38 bits per heavy atom. The standard InChI is InChI=1S/C29H30Cl3N3O3S/c1-17(36)34-11-8-18(9-12-34)29(38)35-13-10-25(22(16-35)19-6-7-23(31)24(32)14-19)33-28(37)27-21(15-30)20-4-2-3-5-26(20)39-27/h2-7,14,18,22,25H,8-13,15-16H2,1H3,(H,33,37). The van der Waals surface area contributed by atoms with Crippen molar-refractivity contribution in [2.45, 2.75) is 44.0 Å². The highest BCUT2D eigenvalue weighted by molar-refractivity contribution is 7.21. The van der Waals surface area contributed by atoms with Crippen molar-refractivity contribution in [3.05, 3.63) is 68.5 Å². The molecule has 0 bridgehead atoms. The van der Waals surface area contributed by atoms with Crippen LogP contribution in [-0.4, -0.2) is 59.7 Å². The molecule has 2 atom stereocenters. The molecule has 10 heteroatoms. The Morgan fingerprint density at radius 1 is 0.974 bits per heavy atom. The second-order valence-electron chi connectivity index (χ2n) is 10.3. The summed E-state index contributed by atoms with van der Waals surface area (Å²) in [5.74, 6) is -0.00907. The molecular formula is C29H30Cl3N3O3S. The first-order chi connectivity index (χ1) is 18.8. The Labute approximate surface area is 247 Å². The molecule has 0 aliphatic carbocycles. The minimum atomic E-state index is -0.202. The highest BCUT2D eigenvalue weighted by atomic mass is 35.5. The molecule has 6 nitrogen and oxygen atoms in total. The maximum absolute atomic E-state index is 13.6. The number of thiophene rings is 1. The summed E-state index contributed by atoms with van der Waals surface area (Å²) in [6.45, 7) is 3.78. The lowest BCUT2D eigenvalue weighted by atomic mass is 9.84. The fraction of sp³-hybridized carbons (Fsp3) is 0.414.